The summed E-state index contributed by atoms with van der Waals surface area (Å²) in [5.74, 6) is 0.0201. The molecular formula is C18H19FN4O2. The number of halogens is 1. The van der Waals surface area contributed by atoms with Crippen LogP contribution in [0.5, 0.6) is 5.75 Å². The lowest BCUT2D eigenvalue weighted by Gasteiger charge is -2.08. The van der Waals surface area contributed by atoms with Crippen molar-refractivity contribution in [2.24, 2.45) is 0 Å². The number of carbonyl (C=O) groups is 1. The molecule has 0 radical (unpaired) electrons. The molecule has 25 heavy (non-hydrogen) atoms. The summed E-state index contributed by atoms with van der Waals surface area (Å²) in [6.07, 6.45) is 3.53. The van der Waals surface area contributed by atoms with Crippen molar-refractivity contribution in [2.75, 3.05) is 11.9 Å². The fraction of sp³-hybridized carbons (Fsp3) is 0.278. The van der Waals surface area contributed by atoms with E-state index in [2.05, 4.69) is 15.4 Å². The highest BCUT2D eigenvalue weighted by Crippen LogP contribution is 2.19. The summed E-state index contributed by atoms with van der Waals surface area (Å²) in [6, 6.07) is 7.73. The van der Waals surface area contributed by atoms with E-state index < -0.39 is 0 Å². The number of benzene rings is 1. The van der Waals surface area contributed by atoms with E-state index in [0.29, 0.717) is 11.4 Å². The van der Waals surface area contributed by atoms with Crippen LogP contribution in [0.15, 0.2) is 42.7 Å². The van der Waals surface area contributed by atoms with E-state index in [0.717, 1.165) is 11.0 Å². The summed E-state index contributed by atoms with van der Waals surface area (Å²) in [5.41, 5.74) is 1.40. The SMILES string of the molecule is CC(C)n1ncc2cc(NC(=O)CCOc3ccc(F)cc3)cnc21. The lowest BCUT2D eigenvalue weighted by Crippen LogP contribution is -2.15. The van der Waals surface area contributed by atoms with E-state index in [-0.39, 0.29) is 30.8 Å². The molecule has 3 aromatic rings. The monoisotopic (exact) mass is 342 g/mol. The van der Waals surface area contributed by atoms with Crippen LogP contribution in [0.3, 0.4) is 0 Å². The van der Waals surface area contributed by atoms with Gasteiger partial charge in [-0.1, -0.05) is 0 Å². The molecule has 0 fully saturated rings. The summed E-state index contributed by atoms with van der Waals surface area (Å²) in [6.45, 7) is 4.27. The van der Waals surface area contributed by atoms with Crippen LogP contribution in [-0.4, -0.2) is 27.3 Å². The molecule has 7 heteroatoms. The number of aromatic nitrogens is 3. The Morgan fingerprint density at radius 3 is 2.76 bits per heavy atom. The van der Waals surface area contributed by atoms with E-state index >= 15 is 0 Å². The van der Waals surface area contributed by atoms with Crippen molar-refractivity contribution in [2.45, 2.75) is 26.3 Å². The second-order valence-electron chi connectivity index (χ2n) is 5.92. The molecule has 0 saturated heterocycles. The van der Waals surface area contributed by atoms with Gasteiger partial charge in [-0.2, -0.15) is 5.10 Å². The summed E-state index contributed by atoms with van der Waals surface area (Å²) in [5, 5.41) is 7.96. The van der Waals surface area contributed by atoms with Crippen LogP contribution in [-0.2, 0) is 4.79 Å². The number of anilines is 1. The Morgan fingerprint density at radius 1 is 1.28 bits per heavy atom. The number of hydrogen-bond acceptors (Lipinski definition) is 4. The third-order valence-corrected chi connectivity index (χ3v) is 3.62. The summed E-state index contributed by atoms with van der Waals surface area (Å²) >= 11 is 0. The van der Waals surface area contributed by atoms with Crippen molar-refractivity contribution in [1.29, 1.82) is 0 Å². The zero-order chi connectivity index (χ0) is 17.8. The van der Waals surface area contributed by atoms with Crippen molar-refractivity contribution < 1.29 is 13.9 Å². The topological polar surface area (TPSA) is 69.0 Å². The number of nitrogens with one attached hydrogen (secondary N) is 1. The smallest absolute Gasteiger partial charge is 0.227 e. The van der Waals surface area contributed by atoms with Crippen LogP contribution in [0, 0.1) is 5.82 Å². The van der Waals surface area contributed by atoms with Crippen molar-refractivity contribution in [3.05, 3.63) is 48.5 Å². The first-order valence-corrected chi connectivity index (χ1v) is 8.04. The first-order valence-electron chi connectivity index (χ1n) is 8.04. The van der Waals surface area contributed by atoms with Gasteiger partial charge in [-0.15, -0.1) is 0 Å². The minimum absolute atomic E-state index is 0.181. The molecule has 0 saturated carbocycles. The number of fused-ring (bicyclic) bond motifs is 1. The predicted molar refractivity (Wildman–Crippen MR) is 93.1 cm³/mol. The molecule has 3 rings (SSSR count). The average molecular weight is 342 g/mol. The number of carbonyl (C=O) groups excluding carboxylic acids is 1. The quantitative estimate of drug-likeness (QED) is 0.744. The van der Waals surface area contributed by atoms with E-state index in [1.54, 1.807) is 12.4 Å². The highest BCUT2D eigenvalue weighted by Gasteiger charge is 2.09. The van der Waals surface area contributed by atoms with Gasteiger partial charge in [0.05, 0.1) is 31.1 Å². The maximum absolute atomic E-state index is 12.8. The van der Waals surface area contributed by atoms with E-state index in [9.17, 15) is 9.18 Å². The molecule has 0 spiro atoms. The molecule has 0 aliphatic heterocycles. The molecule has 1 aromatic carbocycles. The van der Waals surface area contributed by atoms with Crippen molar-refractivity contribution in [1.82, 2.24) is 14.8 Å². The second kappa shape index (κ2) is 7.29. The predicted octanol–water partition coefficient (Wildman–Crippen LogP) is 3.56. The Balaban J connectivity index is 1.55. The highest BCUT2D eigenvalue weighted by atomic mass is 19.1. The Labute approximate surface area is 144 Å². The van der Waals surface area contributed by atoms with Gasteiger partial charge in [-0.05, 0) is 44.2 Å². The molecule has 1 amide bonds. The Morgan fingerprint density at radius 2 is 2.04 bits per heavy atom. The maximum Gasteiger partial charge on any atom is 0.227 e. The molecule has 6 nitrogen and oxygen atoms in total. The molecule has 0 bridgehead atoms. The second-order valence-corrected chi connectivity index (χ2v) is 5.92. The van der Waals surface area contributed by atoms with Crippen molar-refractivity contribution in [3.8, 4) is 5.75 Å². The molecule has 0 aliphatic rings. The molecule has 0 atom stereocenters. The molecule has 2 heterocycles. The molecule has 2 aromatic heterocycles. The van der Waals surface area contributed by atoms with Crippen molar-refractivity contribution >= 4 is 22.6 Å². The third kappa shape index (κ3) is 4.12. The fourth-order valence-corrected chi connectivity index (χ4v) is 2.40. The lowest BCUT2D eigenvalue weighted by molar-refractivity contribution is -0.116. The van der Waals surface area contributed by atoms with Crippen molar-refractivity contribution in [3.63, 3.8) is 0 Å². The number of nitrogens with zero attached hydrogens (tertiary/aromatic N) is 3. The molecular weight excluding hydrogens is 323 g/mol. The van der Waals surface area contributed by atoms with Crippen LogP contribution in [0.4, 0.5) is 10.1 Å². The van der Waals surface area contributed by atoms with Gasteiger partial charge in [0, 0.05) is 11.4 Å². The number of pyridine rings is 1. The normalized spacial score (nSPS) is 11.0. The Hall–Kier alpha value is -2.96. The largest absolute Gasteiger partial charge is 0.493 e. The number of hydrogen-bond donors (Lipinski definition) is 1. The van der Waals surface area contributed by atoms with Crippen LogP contribution in [0.25, 0.3) is 11.0 Å². The van der Waals surface area contributed by atoms with Gasteiger partial charge in [0.25, 0.3) is 0 Å². The standard InChI is InChI=1S/C18H19FN4O2/c1-12(2)23-18-13(10-21-23)9-15(11-20-18)22-17(24)7-8-25-16-5-3-14(19)4-6-16/h3-6,9-12H,7-8H2,1-2H3,(H,22,24). The summed E-state index contributed by atoms with van der Waals surface area (Å²) < 4.78 is 20.0. The fourth-order valence-electron chi connectivity index (χ4n) is 2.40. The van der Waals surface area contributed by atoms with Gasteiger partial charge in [-0.3, -0.25) is 4.79 Å². The first kappa shape index (κ1) is 16.9. The highest BCUT2D eigenvalue weighted by molar-refractivity contribution is 5.92. The van der Waals surface area contributed by atoms with Gasteiger partial charge in [-0.25, -0.2) is 14.1 Å². The first-order chi connectivity index (χ1) is 12.0. The maximum atomic E-state index is 12.8. The number of rotatable bonds is 6. The average Bonchev–Trinajstić information content (AvgIpc) is 3.00. The van der Waals surface area contributed by atoms with Crippen LogP contribution < -0.4 is 10.1 Å². The van der Waals surface area contributed by atoms with Gasteiger partial charge in [0.2, 0.25) is 5.91 Å². The van der Waals surface area contributed by atoms with Crippen LogP contribution >= 0.6 is 0 Å². The minimum atomic E-state index is -0.325. The van der Waals surface area contributed by atoms with Gasteiger partial charge >= 0.3 is 0 Å². The molecule has 130 valence electrons. The van der Waals surface area contributed by atoms with Gasteiger partial charge < -0.3 is 10.1 Å². The van der Waals surface area contributed by atoms with Gasteiger partial charge in [0.15, 0.2) is 5.65 Å². The molecule has 0 unspecified atom stereocenters. The van der Waals surface area contributed by atoms with Crippen LogP contribution in [0.1, 0.15) is 26.3 Å². The lowest BCUT2D eigenvalue weighted by atomic mass is 10.3. The minimum Gasteiger partial charge on any atom is -0.493 e. The summed E-state index contributed by atoms with van der Waals surface area (Å²) in [4.78, 5) is 16.4. The van der Waals surface area contributed by atoms with E-state index in [4.69, 9.17) is 4.74 Å². The zero-order valence-corrected chi connectivity index (χ0v) is 14.1. The molecule has 0 aliphatic carbocycles. The number of ether oxygens (including phenoxy) is 1. The Bertz CT molecular complexity index is 874. The third-order valence-electron chi connectivity index (χ3n) is 3.62. The number of amides is 1. The van der Waals surface area contributed by atoms with Gasteiger partial charge in [0.1, 0.15) is 11.6 Å². The molecule has 1 N–H and O–H groups in total. The zero-order valence-electron chi connectivity index (χ0n) is 14.1. The van der Waals surface area contributed by atoms with Crippen LogP contribution in [0.2, 0.25) is 0 Å². The Kier molecular flexibility index (Phi) is 4.92. The van der Waals surface area contributed by atoms with E-state index in [1.165, 1.54) is 24.3 Å². The van der Waals surface area contributed by atoms with E-state index in [1.807, 2.05) is 24.6 Å². The summed E-state index contributed by atoms with van der Waals surface area (Å²) in [7, 11) is 0.